The molecule has 0 bridgehead atoms. The van der Waals surface area contributed by atoms with E-state index < -0.39 is 10.9 Å². The molecule has 16 heavy (non-hydrogen) atoms. The van der Waals surface area contributed by atoms with Gasteiger partial charge in [-0.05, 0) is 17.9 Å². The Kier molecular flexibility index (Phi) is 4.30. The summed E-state index contributed by atoms with van der Waals surface area (Å²) in [6.07, 6.45) is 1.81. The van der Waals surface area contributed by atoms with E-state index in [4.69, 9.17) is 0 Å². The Morgan fingerprint density at radius 1 is 1.56 bits per heavy atom. The average Bonchev–Trinajstić information content (AvgIpc) is 2.28. The lowest BCUT2D eigenvalue weighted by Gasteiger charge is -2.03. The Morgan fingerprint density at radius 2 is 2.25 bits per heavy atom. The van der Waals surface area contributed by atoms with E-state index in [1.807, 2.05) is 0 Å². The first-order valence-corrected chi connectivity index (χ1v) is 5.69. The Bertz CT molecular complexity index is 419. The summed E-state index contributed by atoms with van der Waals surface area (Å²) < 4.78 is 4.50. The maximum absolute atomic E-state index is 11.0. The molecule has 0 N–H and O–H groups in total. The van der Waals surface area contributed by atoms with Crippen LogP contribution >= 0.6 is 11.8 Å². The fraction of sp³-hybridized carbons (Fsp3) is 0.300. The highest BCUT2D eigenvalue weighted by Gasteiger charge is 2.15. The number of thioether (sulfide) groups is 1. The lowest BCUT2D eigenvalue weighted by molar-refractivity contribution is -0.387. The van der Waals surface area contributed by atoms with Crippen LogP contribution in [0.5, 0.6) is 0 Å². The van der Waals surface area contributed by atoms with E-state index >= 15 is 0 Å². The monoisotopic (exact) mass is 241 g/mol. The van der Waals surface area contributed by atoms with Gasteiger partial charge in [-0.1, -0.05) is 6.07 Å². The summed E-state index contributed by atoms with van der Waals surface area (Å²) in [5.74, 6) is -0.411. The summed E-state index contributed by atoms with van der Waals surface area (Å²) in [4.78, 5) is 21.9. The van der Waals surface area contributed by atoms with Crippen molar-refractivity contribution in [3.05, 3.63) is 33.9 Å². The fourth-order valence-corrected chi connectivity index (χ4v) is 1.77. The van der Waals surface area contributed by atoms with E-state index in [2.05, 4.69) is 4.74 Å². The highest BCUT2D eigenvalue weighted by atomic mass is 32.2. The van der Waals surface area contributed by atoms with Crippen LogP contribution in [0.4, 0.5) is 5.69 Å². The third-order valence-electron chi connectivity index (χ3n) is 2.02. The molecule has 0 radical (unpaired) electrons. The number of hydrogen-bond acceptors (Lipinski definition) is 5. The van der Waals surface area contributed by atoms with Crippen molar-refractivity contribution in [2.24, 2.45) is 0 Å². The minimum atomic E-state index is -0.452. The second kappa shape index (κ2) is 5.50. The molecule has 0 saturated carbocycles. The van der Waals surface area contributed by atoms with Crippen molar-refractivity contribution in [3.8, 4) is 0 Å². The molecule has 0 aliphatic carbocycles. The maximum Gasteiger partial charge on any atom is 0.309 e. The Balaban J connectivity index is 3.02. The molecule has 0 unspecified atom stereocenters. The van der Waals surface area contributed by atoms with Crippen LogP contribution in [-0.2, 0) is 16.0 Å². The van der Waals surface area contributed by atoms with Crippen molar-refractivity contribution in [2.75, 3.05) is 13.4 Å². The summed E-state index contributed by atoms with van der Waals surface area (Å²) in [6.45, 7) is 0. The van der Waals surface area contributed by atoms with E-state index in [0.717, 1.165) is 0 Å². The third-order valence-corrected chi connectivity index (χ3v) is 2.80. The minimum absolute atomic E-state index is 0.0221. The van der Waals surface area contributed by atoms with Gasteiger partial charge in [-0.2, -0.15) is 0 Å². The molecular formula is C10H11NO4S. The Hall–Kier alpha value is -1.56. The first kappa shape index (κ1) is 12.5. The number of rotatable bonds is 4. The predicted octanol–water partition coefficient (Wildman–Crippen LogP) is 2.03. The van der Waals surface area contributed by atoms with Gasteiger partial charge in [0.15, 0.2) is 0 Å². The van der Waals surface area contributed by atoms with Crippen molar-refractivity contribution in [3.63, 3.8) is 0 Å². The number of carbonyl (C=O) groups excluding carboxylic acids is 1. The van der Waals surface area contributed by atoms with E-state index in [9.17, 15) is 14.9 Å². The molecule has 0 fully saturated rings. The zero-order chi connectivity index (χ0) is 12.1. The van der Waals surface area contributed by atoms with Crippen LogP contribution in [0.2, 0.25) is 0 Å². The molecule has 86 valence electrons. The van der Waals surface area contributed by atoms with Gasteiger partial charge < -0.3 is 4.74 Å². The van der Waals surface area contributed by atoms with Crippen molar-refractivity contribution < 1.29 is 14.5 Å². The van der Waals surface area contributed by atoms with Crippen LogP contribution < -0.4 is 0 Å². The van der Waals surface area contributed by atoms with Gasteiger partial charge in [0, 0.05) is 6.07 Å². The van der Waals surface area contributed by atoms with Crippen molar-refractivity contribution in [1.82, 2.24) is 0 Å². The van der Waals surface area contributed by atoms with Crippen LogP contribution in [0.1, 0.15) is 5.56 Å². The molecule has 1 aromatic rings. The summed E-state index contributed by atoms with van der Waals surface area (Å²) in [5.41, 5.74) is 0.602. The van der Waals surface area contributed by atoms with Crippen LogP contribution in [0.3, 0.4) is 0 Å². The van der Waals surface area contributed by atoms with Gasteiger partial charge in [0.2, 0.25) is 0 Å². The molecule has 0 spiro atoms. The van der Waals surface area contributed by atoms with Crippen LogP contribution in [-0.4, -0.2) is 24.3 Å². The third kappa shape index (κ3) is 2.96. The summed E-state index contributed by atoms with van der Waals surface area (Å²) in [7, 11) is 1.28. The number of nitrogens with zero attached hydrogens (tertiary/aromatic N) is 1. The molecule has 0 aliphatic rings. The number of methoxy groups -OCH3 is 1. The van der Waals surface area contributed by atoms with Crippen LogP contribution in [0.25, 0.3) is 0 Å². The highest BCUT2D eigenvalue weighted by molar-refractivity contribution is 7.98. The van der Waals surface area contributed by atoms with Crippen molar-refractivity contribution in [1.29, 1.82) is 0 Å². The second-order valence-electron chi connectivity index (χ2n) is 3.02. The summed E-state index contributed by atoms with van der Waals surface area (Å²) in [6, 6.07) is 4.74. The molecule has 1 aromatic carbocycles. The van der Waals surface area contributed by atoms with Gasteiger partial charge in [0.1, 0.15) is 0 Å². The minimum Gasteiger partial charge on any atom is -0.469 e. The maximum atomic E-state index is 11.0. The molecule has 1 rings (SSSR count). The van der Waals surface area contributed by atoms with E-state index in [-0.39, 0.29) is 12.1 Å². The van der Waals surface area contributed by atoms with E-state index in [1.54, 1.807) is 18.4 Å². The molecule has 6 heteroatoms. The molecule has 0 atom stereocenters. The first-order valence-electron chi connectivity index (χ1n) is 4.46. The van der Waals surface area contributed by atoms with Gasteiger partial charge in [-0.25, -0.2) is 0 Å². The molecule has 0 aromatic heterocycles. The standard InChI is InChI=1S/C10H11NO4S/c1-15-10(12)6-7-3-4-9(16-2)8(5-7)11(13)14/h3-5H,6H2,1-2H3. The van der Waals surface area contributed by atoms with Crippen molar-refractivity contribution >= 4 is 23.4 Å². The van der Waals surface area contributed by atoms with E-state index in [0.29, 0.717) is 10.5 Å². The number of nitro groups is 1. The Morgan fingerprint density at radius 3 is 2.75 bits per heavy atom. The normalized spacial score (nSPS) is 9.88. The second-order valence-corrected chi connectivity index (χ2v) is 3.86. The number of esters is 1. The summed E-state index contributed by atoms with van der Waals surface area (Å²) >= 11 is 1.30. The fourth-order valence-electron chi connectivity index (χ4n) is 1.23. The van der Waals surface area contributed by atoms with Gasteiger partial charge in [-0.3, -0.25) is 14.9 Å². The van der Waals surface area contributed by atoms with Gasteiger partial charge in [0.05, 0.1) is 23.3 Å². The molecule has 0 amide bonds. The molecule has 0 aliphatic heterocycles. The number of ether oxygens (including phenoxy) is 1. The number of hydrogen-bond donors (Lipinski definition) is 0. The molecule has 0 saturated heterocycles. The van der Waals surface area contributed by atoms with Gasteiger partial charge in [-0.15, -0.1) is 11.8 Å². The van der Waals surface area contributed by atoms with Crippen LogP contribution in [0.15, 0.2) is 23.1 Å². The molecular weight excluding hydrogens is 230 g/mol. The lowest BCUT2D eigenvalue weighted by Crippen LogP contribution is -2.05. The van der Waals surface area contributed by atoms with Gasteiger partial charge in [0.25, 0.3) is 5.69 Å². The van der Waals surface area contributed by atoms with Crippen molar-refractivity contribution in [2.45, 2.75) is 11.3 Å². The SMILES string of the molecule is COC(=O)Cc1ccc(SC)c([N+](=O)[O-])c1. The lowest BCUT2D eigenvalue weighted by atomic mass is 10.1. The number of benzene rings is 1. The average molecular weight is 241 g/mol. The van der Waals surface area contributed by atoms with Crippen LogP contribution in [0, 0.1) is 10.1 Å². The number of nitro benzene ring substituents is 1. The molecule has 0 heterocycles. The largest absolute Gasteiger partial charge is 0.469 e. The first-order chi connectivity index (χ1) is 7.58. The zero-order valence-corrected chi connectivity index (χ0v) is 9.74. The Labute approximate surface area is 96.9 Å². The van der Waals surface area contributed by atoms with Gasteiger partial charge >= 0.3 is 5.97 Å². The summed E-state index contributed by atoms with van der Waals surface area (Å²) in [5, 5.41) is 10.8. The smallest absolute Gasteiger partial charge is 0.309 e. The quantitative estimate of drug-likeness (QED) is 0.349. The number of carbonyl (C=O) groups is 1. The topological polar surface area (TPSA) is 69.4 Å². The predicted molar refractivity (Wildman–Crippen MR) is 60.6 cm³/mol. The van der Waals surface area contributed by atoms with E-state index in [1.165, 1.54) is 24.9 Å². The zero-order valence-electron chi connectivity index (χ0n) is 8.93. The molecule has 5 nitrogen and oxygen atoms in total. The highest BCUT2D eigenvalue weighted by Crippen LogP contribution is 2.28.